The number of nitrogens with zero attached hydrogens (tertiary/aromatic N) is 2. The van der Waals surface area contributed by atoms with Gasteiger partial charge >= 0.3 is 6.09 Å². The highest BCUT2D eigenvalue weighted by molar-refractivity contribution is 5.69. The van der Waals surface area contributed by atoms with E-state index in [1.165, 1.54) is 6.20 Å². The van der Waals surface area contributed by atoms with Crippen LogP contribution in [-0.2, 0) is 11.2 Å². The van der Waals surface area contributed by atoms with Crippen LogP contribution in [-0.4, -0.2) is 21.5 Å². The van der Waals surface area contributed by atoms with Crippen LogP contribution in [0.3, 0.4) is 0 Å². The molecule has 1 heterocycles. The summed E-state index contributed by atoms with van der Waals surface area (Å²) in [6.45, 7) is 5.40. The molecule has 0 aliphatic carbocycles. The second-order valence-corrected chi connectivity index (χ2v) is 5.08. The van der Waals surface area contributed by atoms with E-state index in [4.69, 9.17) is 16.2 Å². The first-order valence-electron chi connectivity index (χ1n) is 5.91. The number of hydrogen-bond donors (Lipinski definition) is 2. The maximum Gasteiger partial charge on any atom is 0.435 e. The zero-order valence-electron chi connectivity index (χ0n) is 11.5. The molecule has 0 radical (unpaired) electrons. The quantitative estimate of drug-likeness (QED) is 0.807. The maximum atomic E-state index is 11.7. The van der Waals surface area contributed by atoms with Crippen molar-refractivity contribution < 1.29 is 9.53 Å². The zero-order valence-corrected chi connectivity index (χ0v) is 11.5. The molecule has 0 atom stereocenters. The van der Waals surface area contributed by atoms with Gasteiger partial charge in [-0.3, -0.25) is 0 Å². The predicted octanol–water partition coefficient (Wildman–Crippen LogP) is 1.52. The number of ether oxygens (including phenoxy) is 1. The topological polar surface area (TPSA) is 96.2 Å². The Morgan fingerprint density at radius 3 is 2.79 bits per heavy atom. The predicted molar refractivity (Wildman–Crippen MR) is 73.2 cm³/mol. The van der Waals surface area contributed by atoms with Gasteiger partial charge in [0.05, 0.1) is 6.20 Å². The largest absolute Gasteiger partial charge is 0.442 e. The average Bonchev–Trinajstić information content (AvgIpc) is 2.72. The summed E-state index contributed by atoms with van der Waals surface area (Å²) in [5, 5.41) is 3.95. The third kappa shape index (κ3) is 5.29. The molecule has 0 aliphatic heterocycles. The van der Waals surface area contributed by atoms with Crippen molar-refractivity contribution in [2.45, 2.75) is 32.8 Å². The van der Waals surface area contributed by atoms with Gasteiger partial charge in [0.1, 0.15) is 5.60 Å². The monoisotopic (exact) mass is 264 g/mol. The van der Waals surface area contributed by atoms with E-state index in [1.807, 2.05) is 0 Å². The molecule has 0 aliphatic rings. The highest BCUT2D eigenvalue weighted by atomic mass is 16.6. The number of aromatic nitrogens is 2. The third-order valence-electron chi connectivity index (χ3n) is 2.05. The van der Waals surface area contributed by atoms with E-state index in [0.29, 0.717) is 12.1 Å². The Morgan fingerprint density at radius 1 is 1.53 bits per heavy atom. The van der Waals surface area contributed by atoms with Crippen molar-refractivity contribution in [2.75, 3.05) is 0 Å². The van der Waals surface area contributed by atoms with E-state index in [0.717, 1.165) is 10.2 Å². The first kappa shape index (κ1) is 14.8. The van der Waals surface area contributed by atoms with E-state index >= 15 is 0 Å². The summed E-state index contributed by atoms with van der Waals surface area (Å²) in [5.41, 5.74) is 11.9. The smallest absolute Gasteiger partial charge is 0.435 e. The van der Waals surface area contributed by atoms with Gasteiger partial charge < -0.3 is 16.2 Å². The lowest BCUT2D eigenvalue weighted by atomic mass is 10.2. The van der Waals surface area contributed by atoms with Crippen LogP contribution in [0.4, 0.5) is 4.79 Å². The lowest BCUT2D eigenvalue weighted by Gasteiger charge is -2.18. The molecule has 1 rings (SSSR count). The summed E-state index contributed by atoms with van der Waals surface area (Å²) in [5.74, 6) is 0. The van der Waals surface area contributed by atoms with Gasteiger partial charge in [0.2, 0.25) is 0 Å². The lowest BCUT2D eigenvalue weighted by molar-refractivity contribution is 0.0514. The second kappa shape index (κ2) is 6.08. The standard InChI is InChI=1S/C13H20N4O2/c1-13(2,3)19-12(18)17-9-10(8-16-17)7-11(15)5-4-6-14/h4-6,8-9H,7,14-15H2,1-3H3/b6-4-,11-5-. The van der Waals surface area contributed by atoms with E-state index in [-0.39, 0.29) is 0 Å². The Labute approximate surface area is 112 Å². The van der Waals surface area contributed by atoms with Gasteiger partial charge in [-0.15, -0.1) is 0 Å². The molecule has 19 heavy (non-hydrogen) atoms. The average molecular weight is 264 g/mol. The van der Waals surface area contributed by atoms with Crippen molar-refractivity contribution in [3.05, 3.63) is 42.0 Å². The van der Waals surface area contributed by atoms with E-state index < -0.39 is 11.7 Å². The molecular formula is C13H20N4O2. The highest BCUT2D eigenvalue weighted by Gasteiger charge is 2.18. The van der Waals surface area contributed by atoms with Crippen LogP contribution in [0.15, 0.2) is 36.4 Å². The van der Waals surface area contributed by atoms with Crippen molar-refractivity contribution in [2.24, 2.45) is 11.5 Å². The maximum absolute atomic E-state index is 11.7. The number of allylic oxidation sites excluding steroid dienone is 3. The van der Waals surface area contributed by atoms with E-state index in [9.17, 15) is 4.79 Å². The molecule has 6 heteroatoms. The van der Waals surface area contributed by atoms with Crippen LogP contribution >= 0.6 is 0 Å². The Morgan fingerprint density at radius 2 is 2.21 bits per heavy atom. The molecule has 0 amide bonds. The van der Waals surface area contributed by atoms with Crippen molar-refractivity contribution in [1.82, 2.24) is 9.78 Å². The van der Waals surface area contributed by atoms with Gasteiger partial charge in [0, 0.05) is 18.3 Å². The van der Waals surface area contributed by atoms with Crippen LogP contribution in [0.25, 0.3) is 0 Å². The molecule has 0 saturated heterocycles. The normalized spacial score (nSPS) is 12.9. The Balaban J connectivity index is 2.70. The van der Waals surface area contributed by atoms with Crippen molar-refractivity contribution in [3.63, 3.8) is 0 Å². The summed E-state index contributed by atoms with van der Waals surface area (Å²) < 4.78 is 6.35. The molecule has 0 saturated carbocycles. The molecule has 6 nitrogen and oxygen atoms in total. The molecule has 0 aromatic carbocycles. The first-order valence-corrected chi connectivity index (χ1v) is 5.91. The van der Waals surface area contributed by atoms with Crippen molar-refractivity contribution in [1.29, 1.82) is 0 Å². The van der Waals surface area contributed by atoms with Crippen molar-refractivity contribution in [3.8, 4) is 0 Å². The summed E-state index contributed by atoms with van der Waals surface area (Å²) in [7, 11) is 0. The van der Waals surface area contributed by atoms with Gasteiger partial charge in [-0.2, -0.15) is 9.78 Å². The number of hydrogen-bond acceptors (Lipinski definition) is 5. The zero-order chi connectivity index (χ0) is 14.5. The fourth-order valence-electron chi connectivity index (χ4n) is 1.33. The molecule has 1 aromatic heterocycles. The fourth-order valence-corrected chi connectivity index (χ4v) is 1.33. The lowest BCUT2D eigenvalue weighted by Crippen LogP contribution is -2.27. The molecule has 0 spiro atoms. The third-order valence-corrected chi connectivity index (χ3v) is 2.05. The molecule has 1 aromatic rings. The Bertz CT molecular complexity index is 495. The molecular weight excluding hydrogens is 244 g/mol. The van der Waals surface area contributed by atoms with Crippen LogP contribution in [0, 0.1) is 0 Å². The van der Waals surface area contributed by atoms with Gasteiger partial charge in [-0.05, 0) is 44.7 Å². The SMILES string of the molecule is CC(C)(C)OC(=O)n1cc(C/C(N)=C/C=C\N)cn1. The molecule has 0 unspecified atom stereocenters. The van der Waals surface area contributed by atoms with Crippen LogP contribution in [0.1, 0.15) is 26.3 Å². The fraction of sp³-hybridized carbons (Fsp3) is 0.385. The van der Waals surface area contributed by atoms with E-state index in [1.54, 1.807) is 45.3 Å². The highest BCUT2D eigenvalue weighted by Crippen LogP contribution is 2.10. The van der Waals surface area contributed by atoms with Gasteiger partial charge in [-0.1, -0.05) is 0 Å². The number of nitrogens with two attached hydrogens (primary N) is 2. The van der Waals surface area contributed by atoms with Crippen molar-refractivity contribution >= 4 is 6.09 Å². The molecule has 104 valence electrons. The number of carbonyl (C=O) groups is 1. The Hall–Kier alpha value is -2.24. The summed E-state index contributed by atoms with van der Waals surface area (Å²) in [4.78, 5) is 11.7. The minimum atomic E-state index is -0.548. The minimum absolute atomic E-state index is 0.493. The van der Waals surface area contributed by atoms with Gasteiger partial charge in [-0.25, -0.2) is 4.79 Å². The van der Waals surface area contributed by atoms with Crippen LogP contribution in [0.2, 0.25) is 0 Å². The van der Waals surface area contributed by atoms with Crippen LogP contribution < -0.4 is 11.5 Å². The first-order chi connectivity index (χ1) is 8.81. The minimum Gasteiger partial charge on any atom is -0.442 e. The molecule has 4 N–H and O–H groups in total. The second-order valence-electron chi connectivity index (χ2n) is 5.08. The molecule has 0 fully saturated rings. The number of rotatable bonds is 3. The summed E-state index contributed by atoms with van der Waals surface area (Å²) in [6.07, 6.45) is 7.91. The van der Waals surface area contributed by atoms with E-state index in [2.05, 4.69) is 5.10 Å². The Kier molecular flexibility index (Phi) is 4.74. The van der Waals surface area contributed by atoms with Crippen LogP contribution in [0.5, 0.6) is 0 Å². The summed E-state index contributed by atoms with van der Waals surface area (Å²) >= 11 is 0. The molecule has 0 bridgehead atoms. The number of carbonyl (C=O) groups excluding carboxylic acids is 1. The summed E-state index contributed by atoms with van der Waals surface area (Å²) in [6, 6.07) is 0. The van der Waals surface area contributed by atoms with Gasteiger partial charge in [0.15, 0.2) is 0 Å². The van der Waals surface area contributed by atoms with Gasteiger partial charge in [0.25, 0.3) is 0 Å².